The summed E-state index contributed by atoms with van der Waals surface area (Å²) in [6, 6.07) is 7.53. The third-order valence-electron chi connectivity index (χ3n) is 3.96. The lowest BCUT2D eigenvalue weighted by atomic mass is 9.86. The average molecular weight is 201 g/mol. The Morgan fingerprint density at radius 2 is 2.33 bits per heavy atom. The van der Waals surface area contributed by atoms with Crippen molar-refractivity contribution in [1.29, 1.82) is 0 Å². The fourth-order valence-electron chi connectivity index (χ4n) is 3.27. The van der Waals surface area contributed by atoms with Crippen LogP contribution >= 0.6 is 0 Å². The van der Waals surface area contributed by atoms with Gasteiger partial charge in [-0.25, -0.2) is 0 Å². The van der Waals surface area contributed by atoms with Gasteiger partial charge in [0.2, 0.25) is 0 Å². The molecule has 1 aromatic rings. The Kier molecular flexibility index (Phi) is 2.28. The molecule has 15 heavy (non-hydrogen) atoms. The highest BCUT2D eigenvalue weighted by Crippen LogP contribution is 2.41. The zero-order valence-corrected chi connectivity index (χ0v) is 9.42. The van der Waals surface area contributed by atoms with Crippen LogP contribution in [0.2, 0.25) is 0 Å². The van der Waals surface area contributed by atoms with E-state index in [0.717, 1.165) is 5.92 Å². The first-order valence-corrected chi connectivity index (χ1v) is 6.25. The molecule has 0 aromatic heterocycles. The molecule has 0 bridgehead atoms. The molecule has 2 atom stereocenters. The summed E-state index contributed by atoms with van der Waals surface area (Å²) in [5.74, 6) is 0.810. The third kappa shape index (κ3) is 1.41. The summed E-state index contributed by atoms with van der Waals surface area (Å²) in [7, 11) is 0. The number of hydrogen-bond donors (Lipinski definition) is 1. The maximum absolute atomic E-state index is 3.71. The van der Waals surface area contributed by atoms with Crippen molar-refractivity contribution in [3.05, 3.63) is 34.9 Å². The molecule has 1 aromatic carbocycles. The van der Waals surface area contributed by atoms with Crippen LogP contribution < -0.4 is 5.32 Å². The van der Waals surface area contributed by atoms with Gasteiger partial charge in [-0.2, -0.15) is 0 Å². The number of benzene rings is 1. The molecule has 80 valence electrons. The minimum absolute atomic E-state index is 0.624. The highest BCUT2D eigenvalue weighted by atomic mass is 14.9. The summed E-state index contributed by atoms with van der Waals surface area (Å²) in [5.41, 5.74) is 4.93. The van der Waals surface area contributed by atoms with Crippen molar-refractivity contribution >= 4 is 0 Å². The zero-order chi connectivity index (χ0) is 10.3. The number of hydrogen-bond acceptors (Lipinski definition) is 1. The summed E-state index contributed by atoms with van der Waals surface area (Å²) in [5, 5.41) is 3.71. The molecule has 0 spiro atoms. The molecule has 1 N–H and O–H groups in total. The molecule has 1 aliphatic carbocycles. The second-order valence-electron chi connectivity index (χ2n) is 4.91. The van der Waals surface area contributed by atoms with E-state index in [1.165, 1.54) is 32.2 Å². The molecule has 1 aliphatic heterocycles. The van der Waals surface area contributed by atoms with Crippen molar-refractivity contribution in [3.63, 3.8) is 0 Å². The van der Waals surface area contributed by atoms with Crippen LogP contribution in [0.15, 0.2) is 18.2 Å². The summed E-state index contributed by atoms with van der Waals surface area (Å²) < 4.78 is 0. The molecule has 0 saturated heterocycles. The maximum Gasteiger partial charge on any atom is 0.0323 e. The van der Waals surface area contributed by atoms with Crippen molar-refractivity contribution in [3.8, 4) is 0 Å². The van der Waals surface area contributed by atoms with Gasteiger partial charge in [-0.05, 0) is 41.9 Å². The van der Waals surface area contributed by atoms with Gasteiger partial charge in [0.15, 0.2) is 0 Å². The van der Waals surface area contributed by atoms with E-state index in [9.17, 15) is 0 Å². The van der Waals surface area contributed by atoms with Crippen LogP contribution in [-0.2, 0) is 6.42 Å². The molecule has 0 saturated carbocycles. The van der Waals surface area contributed by atoms with E-state index in [0.29, 0.717) is 6.04 Å². The first-order valence-electron chi connectivity index (χ1n) is 6.25. The number of aryl methyl sites for hydroxylation is 1. The van der Waals surface area contributed by atoms with E-state index in [1.54, 1.807) is 16.7 Å². The summed E-state index contributed by atoms with van der Waals surface area (Å²) in [6.07, 6.45) is 5.21. The van der Waals surface area contributed by atoms with Gasteiger partial charge in [-0.3, -0.25) is 0 Å². The van der Waals surface area contributed by atoms with E-state index in [1.807, 2.05) is 0 Å². The molecule has 0 fully saturated rings. The highest BCUT2D eigenvalue weighted by molar-refractivity contribution is 5.45. The van der Waals surface area contributed by atoms with Crippen molar-refractivity contribution < 1.29 is 0 Å². The highest BCUT2D eigenvalue weighted by Gasteiger charge is 2.31. The lowest BCUT2D eigenvalue weighted by molar-refractivity contribution is 0.432. The van der Waals surface area contributed by atoms with E-state index >= 15 is 0 Å². The van der Waals surface area contributed by atoms with Gasteiger partial charge in [0.25, 0.3) is 0 Å². The SMILES string of the molecule is CCCC1NCC2CCc3cccc1c32. The van der Waals surface area contributed by atoms with Gasteiger partial charge in [0, 0.05) is 12.6 Å². The smallest absolute Gasteiger partial charge is 0.0323 e. The predicted molar refractivity (Wildman–Crippen MR) is 63.2 cm³/mol. The van der Waals surface area contributed by atoms with Crippen LogP contribution in [0.25, 0.3) is 0 Å². The minimum Gasteiger partial charge on any atom is -0.309 e. The van der Waals surface area contributed by atoms with E-state index in [4.69, 9.17) is 0 Å². The maximum atomic E-state index is 3.71. The van der Waals surface area contributed by atoms with E-state index < -0.39 is 0 Å². The number of rotatable bonds is 2. The molecular formula is C14H19N. The second-order valence-corrected chi connectivity index (χ2v) is 4.91. The normalized spacial score (nSPS) is 27.8. The Morgan fingerprint density at radius 1 is 1.40 bits per heavy atom. The van der Waals surface area contributed by atoms with Crippen molar-refractivity contribution in [1.82, 2.24) is 5.32 Å². The molecular weight excluding hydrogens is 182 g/mol. The van der Waals surface area contributed by atoms with Crippen molar-refractivity contribution in [2.45, 2.75) is 44.6 Å². The Morgan fingerprint density at radius 3 is 3.20 bits per heavy atom. The molecule has 2 unspecified atom stereocenters. The molecule has 1 nitrogen and oxygen atoms in total. The fraction of sp³-hybridized carbons (Fsp3) is 0.571. The van der Waals surface area contributed by atoms with E-state index in [2.05, 4.69) is 30.4 Å². The molecule has 0 amide bonds. The Hall–Kier alpha value is -0.820. The second kappa shape index (κ2) is 3.64. The molecule has 1 heterocycles. The zero-order valence-electron chi connectivity index (χ0n) is 9.42. The number of nitrogens with one attached hydrogen (secondary N) is 1. The van der Waals surface area contributed by atoms with Gasteiger partial charge >= 0.3 is 0 Å². The fourth-order valence-corrected chi connectivity index (χ4v) is 3.27. The Labute approximate surface area is 91.9 Å². The molecule has 1 heteroatoms. The average Bonchev–Trinajstić information content (AvgIpc) is 2.68. The van der Waals surface area contributed by atoms with Crippen LogP contribution in [0, 0.1) is 0 Å². The monoisotopic (exact) mass is 201 g/mol. The summed E-state index contributed by atoms with van der Waals surface area (Å²) in [4.78, 5) is 0. The van der Waals surface area contributed by atoms with Crippen LogP contribution in [0.4, 0.5) is 0 Å². The van der Waals surface area contributed by atoms with Gasteiger partial charge < -0.3 is 5.32 Å². The first-order chi connectivity index (χ1) is 7.40. The van der Waals surface area contributed by atoms with Gasteiger partial charge in [-0.15, -0.1) is 0 Å². The van der Waals surface area contributed by atoms with Crippen molar-refractivity contribution in [2.75, 3.05) is 6.54 Å². The Balaban J connectivity index is 2.04. The molecule has 3 rings (SSSR count). The van der Waals surface area contributed by atoms with Crippen LogP contribution in [0.5, 0.6) is 0 Å². The quantitative estimate of drug-likeness (QED) is 0.775. The third-order valence-corrected chi connectivity index (χ3v) is 3.96. The van der Waals surface area contributed by atoms with Crippen LogP contribution in [0.1, 0.15) is 54.8 Å². The molecule has 0 radical (unpaired) electrons. The summed E-state index contributed by atoms with van der Waals surface area (Å²) >= 11 is 0. The minimum atomic E-state index is 0.624. The van der Waals surface area contributed by atoms with Gasteiger partial charge in [0.1, 0.15) is 0 Å². The summed E-state index contributed by atoms with van der Waals surface area (Å²) in [6.45, 7) is 3.48. The first kappa shape index (κ1) is 9.41. The van der Waals surface area contributed by atoms with Crippen LogP contribution in [-0.4, -0.2) is 6.54 Å². The van der Waals surface area contributed by atoms with Gasteiger partial charge in [-0.1, -0.05) is 31.5 Å². The Bertz CT molecular complexity index is 370. The predicted octanol–water partition coefficient (Wildman–Crippen LogP) is 3.16. The standard InChI is InChI=1S/C14H19N/c1-2-4-13-12-6-3-5-10-7-8-11(9-15-13)14(10)12/h3,5-6,11,13,15H,2,4,7-9H2,1H3. The van der Waals surface area contributed by atoms with Crippen molar-refractivity contribution in [2.24, 2.45) is 0 Å². The van der Waals surface area contributed by atoms with E-state index in [-0.39, 0.29) is 0 Å². The largest absolute Gasteiger partial charge is 0.309 e. The van der Waals surface area contributed by atoms with Gasteiger partial charge in [0.05, 0.1) is 0 Å². The molecule has 2 aliphatic rings. The lowest BCUT2D eigenvalue weighted by Gasteiger charge is -2.30. The van der Waals surface area contributed by atoms with Crippen LogP contribution in [0.3, 0.4) is 0 Å². The lowest BCUT2D eigenvalue weighted by Crippen LogP contribution is -2.31. The topological polar surface area (TPSA) is 12.0 Å².